The number of nitrogens with one attached hydrogen (secondary N) is 1. The molecular formula is C19H20N4OS. The molecule has 0 bridgehead atoms. The average molecular weight is 352 g/mol. The largest absolute Gasteiger partial charge is 0.349 e. The molecule has 1 amide bonds. The van der Waals surface area contributed by atoms with Gasteiger partial charge in [-0.15, -0.1) is 11.3 Å². The van der Waals surface area contributed by atoms with Crippen molar-refractivity contribution >= 4 is 33.3 Å². The molecule has 1 aliphatic heterocycles. The molecule has 2 aromatic heterocycles. The smallest absolute Gasteiger partial charge is 0.251 e. The van der Waals surface area contributed by atoms with Crippen molar-refractivity contribution in [3.05, 3.63) is 53.2 Å². The van der Waals surface area contributed by atoms with E-state index >= 15 is 0 Å². The number of aromatic nitrogens is 2. The molecule has 1 aliphatic rings. The zero-order chi connectivity index (χ0) is 17.2. The molecule has 1 saturated heterocycles. The summed E-state index contributed by atoms with van der Waals surface area (Å²) in [5.74, 6) is -0.00199. The Hall–Kier alpha value is -2.47. The van der Waals surface area contributed by atoms with Crippen molar-refractivity contribution in [3.8, 4) is 0 Å². The van der Waals surface area contributed by atoms with Gasteiger partial charge in [0, 0.05) is 47.9 Å². The number of nitrogens with zero attached hydrogens (tertiary/aromatic N) is 3. The Morgan fingerprint density at radius 1 is 1.20 bits per heavy atom. The third kappa shape index (κ3) is 3.35. The summed E-state index contributed by atoms with van der Waals surface area (Å²) in [6.07, 6.45) is 5.52. The second-order valence-electron chi connectivity index (χ2n) is 6.41. The fourth-order valence-electron chi connectivity index (χ4n) is 3.28. The van der Waals surface area contributed by atoms with Crippen LogP contribution in [0.25, 0.3) is 10.9 Å². The van der Waals surface area contributed by atoms with Gasteiger partial charge in [0.25, 0.3) is 5.91 Å². The number of carbonyl (C=O) groups excluding carboxylic acids is 1. The number of piperidine rings is 1. The van der Waals surface area contributed by atoms with E-state index in [0.717, 1.165) is 47.5 Å². The van der Waals surface area contributed by atoms with E-state index in [1.165, 1.54) is 0 Å². The maximum atomic E-state index is 12.6. The Kier molecular flexibility index (Phi) is 4.36. The Bertz CT molecular complexity index is 886. The van der Waals surface area contributed by atoms with E-state index in [4.69, 9.17) is 0 Å². The van der Waals surface area contributed by atoms with Gasteiger partial charge in [-0.2, -0.15) is 0 Å². The van der Waals surface area contributed by atoms with Crippen molar-refractivity contribution < 1.29 is 4.79 Å². The first kappa shape index (κ1) is 16.0. The third-order valence-corrected chi connectivity index (χ3v) is 5.57. The van der Waals surface area contributed by atoms with Crippen LogP contribution >= 0.6 is 11.3 Å². The SMILES string of the molecule is Cc1ccnc2ccc(C(=O)NC3CCN(c4nccs4)CC3)cc12. The van der Waals surface area contributed by atoms with Crippen LogP contribution in [0.5, 0.6) is 0 Å². The molecule has 5 nitrogen and oxygen atoms in total. The van der Waals surface area contributed by atoms with Crippen LogP contribution in [0.1, 0.15) is 28.8 Å². The van der Waals surface area contributed by atoms with Gasteiger partial charge in [-0.1, -0.05) is 0 Å². The normalized spacial score (nSPS) is 15.5. The van der Waals surface area contributed by atoms with Gasteiger partial charge in [0.2, 0.25) is 0 Å². The summed E-state index contributed by atoms with van der Waals surface area (Å²) in [4.78, 5) is 23.6. The summed E-state index contributed by atoms with van der Waals surface area (Å²) in [5, 5.41) is 7.29. The van der Waals surface area contributed by atoms with Crippen molar-refractivity contribution in [2.24, 2.45) is 0 Å². The molecule has 25 heavy (non-hydrogen) atoms. The summed E-state index contributed by atoms with van der Waals surface area (Å²) in [6, 6.07) is 7.90. The second kappa shape index (κ2) is 6.80. The highest BCUT2D eigenvalue weighted by molar-refractivity contribution is 7.13. The Labute approximate surface area is 150 Å². The molecule has 0 saturated carbocycles. The molecule has 0 atom stereocenters. The third-order valence-electron chi connectivity index (χ3n) is 4.74. The van der Waals surface area contributed by atoms with Gasteiger partial charge in [0.15, 0.2) is 5.13 Å². The molecule has 3 heterocycles. The number of benzene rings is 1. The zero-order valence-corrected chi connectivity index (χ0v) is 14.9. The van der Waals surface area contributed by atoms with Crippen molar-refractivity contribution in [3.63, 3.8) is 0 Å². The fourth-order valence-corrected chi connectivity index (χ4v) is 3.98. The molecule has 0 unspecified atom stereocenters. The monoisotopic (exact) mass is 352 g/mol. The number of carbonyl (C=O) groups is 1. The number of rotatable bonds is 3. The number of hydrogen-bond donors (Lipinski definition) is 1. The van der Waals surface area contributed by atoms with E-state index in [-0.39, 0.29) is 11.9 Å². The minimum Gasteiger partial charge on any atom is -0.349 e. The fraction of sp³-hybridized carbons (Fsp3) is 0.316. The summed E-state index contributed by atoms with van der Waals surface area (Å²) in [5.41, 5.74) is 2.76. The van der Waals surface area contributed by atoms with Gasteiger partial charge >= 0.3 is 0 Å². The lowest BCUT2D eigenvalue weighted by atomic mass is 10.0. The number of amides is 1. The highest BCUT2D eigenvalue weighted by Gasteiger charge is 2.22. The maximum absolute atomic E-state index is 12.6. The number of pyridine rings is 1. The number of aryl methyl sites for hydroxylation is 1. The number of fused-ring (bicyclic) bond motifs is 1. The molecular weight excluding hydrogens is 332 g/mol. The maximum Gasteiger partial charge on any atom is 0.251 e. The molecule has 3 aromatic rings. The summed E-state index contributed by atoms with van der Waals surface area (Å²) < 4.78 is 0. The lowest BCUT2D eigenvalue weighted by Crippen LogP contribution is -2.44. The minimum absolute atomic E-state index is 0.00199. The van der Waals surface area contributed by atoms with Crippen LogP contribution in [-0.2, 0) is 0 Å². The highest BCUT2D eigenvalue weighted by atomic mass is 32.1. The first-order valence-electron chi connectivity index (χ1n) is 8.51. The lowest BCUT2D eigenvalue weighted by molar-refractivity contribution is 0.0931. The molecule has 0 spiro atoms. The summed E-state index contributed by atoms with van der Waals surface area (Å²) in [7, 11) is 0. The Morgan fingerprint density at radius 3 is 2.80 bits per heavy atom. The quantitative estimate of drug-likeness (QED) is 0.785. The minimum atomic E-state index is -0.00199. The predicted octanol–water partition coefficient (Wildman–Crippen LogP) is 3.40. The van der Waals surface area contributed by atoms with E-state index in [1.807, 2.05) is 42.8 Å². The van der Waals surface area contributed by atoms with Gasteiger partial charge in [0.05, 0.1) is 5.52 Å². The van der Waals surface area contributed by atoms with Crippen LogP contribution < -0.4 is 10.2 Å². The van der Waals surface area contributed by atoms with E-state index in [0.29, 0.717) is 5.56 Å². The van der Waals surface area contributed by atoms with Gasteiger partial charge < -0.3 is 10.2 Å². The van der Waals surface area contributed by atoms with Crippen LogP contribution in [0.4, 0.5) is 5.13 Å². The highest BCUT2D eigenvalue weighted by Crippen LogP contribution is 2.22. The van der Waals surface area contributed by atoms with Gasteiger partial charge in [-0.05, 0) is 49.6 Å². The zero-order valence-electron chi connectivity index (χ0n) is 14.1. The van der Waals surface area contributed by atoms with Crippen LogP contribution in [0.2, 0.25) is 0 Å². The van der Waals surface area contributed by atoms with Gasteiger partial charge in [-0.3, -0.25) is 9.78 Å². The number of thiazole rings is 1. The van der Waals surface area contributed by atoms with Crippen LogP contribution in [0.15, 0.2) is 42.0 Å². The van der Waals surface area contributed by atoms with E-state index in [9.17, 15) is 4.79 Å². The first-order chi connectivity index (χ1) is 12.2. The van der Waals surface area contributed by atoms with Crippen molar-refractivity contribution in [1.82, 2.24) is 15.3 Å². The number of hydrogen-bond acceptors (Lipinski definition) is 5. The lowest BCUT2D eigenvalue weighted by Gasteiger charge is -2.32. The van der Waals surface area contributed by atoms with Crippen molar-refractivity contribution in [1.29, 1.82) is 0 Å². The molecule has 0 aliphatic carbocycles. The number of anilines is 1. The predicted molar refractivity (Wildman–Crippen MR) is 101 cm³/mol. The van der Waals surface area contributed by atoms with E-state index < -0.39 is 0 Å². The topological polar surface area (TPSA) is 58.1 Å². The summed E-state index contributed by atoms with van der Waals surface area (Å²) >= 11 is 1.67. The molecule has 0 radical (unpaired) electrons. The second-order valence-corrected chi connectivity index (χ2v) is 7.28. The van der Waals surface area contributed by atoms with Gasteiger partial charge in [-0.25, -0.2) is 4.98 Å². The summed E-state index contributed by atoms with van der Waals surface area (Å²) in [6.45, 7) is 3.90. The molecule has 1 aromatic carbocycles. The molecule has 128 valence electrons. The first-order valence-corrected chi connectivity index (χ1v) is 9.39. The van der Waals surface area contributed by atoms with Crippen LogP contribution in [0, 0.1) is 6.92 Å². The van der Waals surface area contributed by atoms with E-state index in [1.54, 1.807) is 17.5 Å². The van der Waals surface area contributed by atoms with Crippen LogP contribution in [0.3, 0.4) is 0 Å². The molecule has 6 heteroatoms. The van der Waals surface area contributed by atoms with Crippen molar-refractivity contribution in [2.75, 3.05) is 18.0 Å². The van der Waals surface area contributed by atoms with Crippen LogP contribution in [-0.4, -0.2) is 35.0 Å². The molecule has 1 N–H and O–H groups in total. The Morgan fingerprint density at radius 2 is 2.04 bits per heavy atom. The van der Waals surface area contributed by atoms with Crippen molar-refractivity contribution in [2.45, 2.75) is 25.8 Å². The Balaban J connectivity index is 1.42. The molecule has 1 fully saturated rings. The standard InChI is InChI=1S/C19H20N4OS/c1-13-4-7-20-17-3-2-14(12-16(13)17)18(24)22-15-5-9-23(10-6-15)19-21-8-11-25-19/h2-4,7-8,11-12,15H,5-6,9-10H2,1H3,(H,22,24). The van der Waals surface area contributed by atoms with Gasteiger partial charge in [0.1, 0.15) is 0 Å². The van der Waals surface area contributed by atoms with E-state index in [2.05, 4.69) is 20.2 Å². The molecule has 4 rings (SSSR count). The average Bonchev–Trinajstić information content (AvgIpc) is 3.17.